The predicted octanol–water partition coefficient (Wildman–Crippen LogP) is 1.53. The molecule has 0 radical (unpaired) electrons. The van der Waals surface area contributed by atoms with E-state index in [1.54, 1.807) is 0 Å². The highest BCUT2D eigenvalue weighted by Crippen LogP contribution is 2.25. The quantitative estimate of drug-likeness (QED) is 0.791. The Morgan fingerprint density at radius 3 is 2.40 bits per heavy atom. The first-order valence-electron chi connectivity index (χ1n) is 5.68. The number of sulfonamides is 1. The van der Waals surface area contributed by atoms with Gasteiger partial charge in [0.15, 0.2) is 0 Å². The summed E-state index contributed by atoms with van der Waals surface area (Å²) < 4.78 is 27.1. The lowest BCUT2D eigenvalue weighted by atomic mass is 10.2. The topological polar surface area (TPSA) is 112 Å². The van der Waals surface area contributed by atoms with Crippen molar-refractivity contribution in [1.29, 1.82) is 0 Å². The van der Waals surface area contributed by atoms with E-state index in [0.29, 0.717) is 5.69 Å². The van der Waals surface area contributed by atoms with Crippen molar-refractivity contribution in [2.45, 2.75) is 18.7 Å². The van der Waals surface area contributed by atoms with E-state index >= 15 is 0 Å². The summed E-state index contributed by atoms with van der Waals surface area (Å²) in [5.41, 5.74) is 0.687. The second kappa shape index (κ2) is 4.97. The molecule has 2 heterocycles. The summed E-state index contributed by atoms with van der Waals surface area (Å²) >= 11 is 0. The third-order valence-corrected chi connectivity index (χ3v) is 4.44. The zero-order chi connectivity index (χ0) is 14.9. The van der Waals surface area contributed by atoms with Crippen molar-refractivity contribution >= 4 is 21.7 Å². The Balaban J connectivity index is 2.48. The number of carboxylic acid groups (broad SMARTS) is 1. The lowest BCUT2D eigenvalue weighted by Crippen LogP contribution is -2.14. The minimum absolute atomic E-state index is 0.0493. The Morgan fingerprint density at radius 2 is 1.90 bits per heavy atom. The number of pyridine rings is 1. The number of nitrogens with zero attached hydrogens (tertiary/aromatic N) is 1. The van der Waals surface area contributed by atoms with Crippen molar-refractivity contribution in [2.75, 3.05) is 4.72 Å². The normalized spacial score (nSPS) is 11.3. The maximum atomic E-state index is 12.3. The van der Waals surface area contributed by atoms with Crippen LogP contribution in [0.15, 0.2) is 29.4 Å². The summed E-state index contributed by atoms with van der Waals surface area (Å²) in [6.07, 6.45) is 2.91. The summed E-state index contributed by atoms with van der Waals surface area (Å²) in [6.45, 7) is 2.97. The molecule has 2 aromatic rings. The van der Waals surface area contributed by atoms with E-state index in [-0.39, 0.29) is 21.8 Å². The van der Waals surface area contributed by atoms with Gasteiger partial charge in [0.1, 0.15) is 10.6 Å². The van der Waals surface area contributed by atoms with Crippen LogP contribution in [0, 0.1) is 13.8 Å². The minimum atomic E-state index is -3.86. The summed E-state index contributed by atoms with van der Waals surface area (Å²) in [4.78, 5) is 17.3. The standard InChI is InChI=1S/C12H13N3O4S/c1-7-10(12(16)17)14-8(2)11(7)20(18,19)15-9-3-5-13-6-4-9/h3-6,14H,1-2H3,(H,13,15)(H,16,17). The molecule has 2 rings (SSSR count). The van der Waals surface area contributed by atoms with Gasteiger partial charge in [-0.2, -0.15) is 0 Å². The van der Waals surface area contributed by atoms with Crippen LogP contribution in [-0.4, -0.2) is 29.5 Å². The maximum absolute atomic E-state index is 12.3. The SMILES string of the molecule is Cc1[nH]c(C(=O)O)c(C)c1S(=O)(=O)Nc1ccncc1. The van der Waals surface area contributed by atoms with Gasteiger partial charge in [-0.1, -0.05) is 0 Å². The number of carbonyl (C=O) groups is 1. The van der Waals surface area contributed by atoms with E-state index in [2.05, 4.69) is 14.7 Å². The molecule has 0 fully saturated rings. The van der Waals surface area contributed by atoms with Crippen LogP contribution < -0.4 is 4.72 Å². The van der Waals surface area contributed by atoms with Crippen molar-refractivity contribution in [1.82, 2.24) is 9.97 Å². The van der Waals surface area contributed by atoms with Crippen molar-refractivity contribution in [3.63, 3.8) is 0 Å². The van der Waals surface area contributed by atoms with Crippen LogP contribution in [0.1, 0.15) is 21.7 Å². The summed E-state index contributed by atoms with van der Waals surface area (Å²) in [6, 6.07) is 3.01. The Hall–Kier alpha value is -2.35. The molecule has 2 aromatic heterocycles. The van der Waals surface area contributed by atoms with E-state index in [4.69, 9.17) is 5.11 Å². The molecule has 0 bridgehead atoms. The van der Waals surface area contributed by atoms with Gasteiger partial charge in [-0.25, -0.2) is 13.2 Å². The van der Waals surface area contributed by atoms with Gasteiger partial charge >= 0.3 is 5.97 Å². The molecule has 0 atom stereocenters. The van der Waals surface area contributed by atoms with Crippen LogP contribution >= 0.6 is 0 Å². The van der Waals surface area contributed by atoms with Crippen LogP contribution in [0.3, 0.4) is 0 Å². The van der Waals surface area contributed by atoms with Crippen LogP contribution in [0.25, 0.3) is 0 Å². The molecule has 8 heteroatoms. The van der Waals surface area contributed by atoms with Gasteiger partial charge < -0.3 is 10.1 Å². The van der Waals surface area contributed by atoms with Crippen molar-refractivity contribution in [2.24, 2.45) is 0 Å². The second-order valence-electron chi connectivity index (χ2n) is 4.23. The molecular formula is C12H13N3O4S. The highest BCUT2D eigenvalue weighted by Gasteiger charge is 2.26. The molecule has 3 N–H and O–H groups in total. The third-order valence-electron chi connectivity index (χ3n) is 2.78. The molecule has 0 saturated carbocycles. The molecule has 106 valence electrons. The Bertz CT molecular complexity index is 751. The van der Waals surface area contributed by atoms with Crippen LogP contribution in [-0.2, 0) is 10.0 Å². The molecule has 0 saturated heterocycles. The van der Waals surface area contributed by atoms with E-state index in [1.165, 1.54) is 38.4 Å². The number of carboxylic acids is 1. The van der Waals surface area contributed by atoms with E-state index in [9.17, 15) is 13.2 Å². The van der Waals surface area contributed by atoms with Crippen LogP contribution in [0.4, 0.5) is 5.69 Å². The first-order valence-corrected chi connectivity index (χ1v) is 7.16. The smallest absolute Gasteiger partial charge is 0.352 e. The lowest BCUT2D eigenvalue weighted by Gasteiger charge is -2.08. The van der Waals surface area contributed by atoms with Crippen molar-refractivity contribution in [3.05, 3.63) is 41.5 Å². The number of rotatable bonds is 4. The summed E-state index contributed by atoms with van der Waals surface area (Å²) in [7, 11) is -3.86. The number of hydrogen-bond donors (Lipinski definition) is 3. The molecular weight excluding hydrogens is 282 g/mol. The Labute approximate surface area is 115 Å². The third kappa shape index (κ3) is 2.50. The van der Waals surface area contributed by atoms with Crippen LogP contribution in [0.2, 0.25) is 0 Å². The Morgan fingerprint density at radius 1 is 1.30 bits per heavy atom. The monoisotopic (exact) mass is 295 g/mol. The molecule has 0 unspecified atom stereocenters. The number of aryl methyl sites for hydroxylation is 1. The first-order chi connectivity index (χ1) is 9.33. The van der Waals surface area contributed by atoms with Gasteiger partial charge in [-0.05, 0) is 26.0 Å². The van der Waals surface area contributed by atoms with E-state index < -0.39 is 16.0 Å². The molecule has 0 aliphatic rings. The predicted molar refractivity (Wildman–Crippen MR) is 72.3 cm³/mol. The first kappa shape index (κ1) is 14.1. The molecule has 0 spiro atoms. The average Bonchev–Trinajstić information content (AvgIpc) is 2.66. The van der Waals surface area contributed by atoms with E-state index in [0.717, 1.165) is 0 Å². The second-order valence-corrected chi connectivity index (χ2v) is 5.84. The van der Waals surface area contributed by atoms with Gasteiger partial charge in [-0.3, -0.25) is 9.71 Å². The van der Waals surface area contributed by atoms with Crippen molar-refractivity contribution in [3.8, 4) is 0 Å². The maximum Gasteiger partial charge on any atom is 0.352 e. The number of aromatic nitrogens is 2. The lowest BCUT2D eigenvalue weighted by molar-refractivity contribution is 0.0690. The fraction of sp³-hybridized carbons (Fsp3) is 0.167. The number of H-pyrrole nitrogens is 1. The fourth-order valence-electron chi connectivity index (χ4n) is 1.98. The molecule has 0 aromatic carbocycles. The van der Waals surface area contributed by atoms with Gasteiger partial charge in [0.05, 0.1) is 5.69 Å². The fourth-order valence-corrected chi connectivity index (χ4v) is 3.48. The number of anilines is 1. The van der Waals surface area contributed by atoms with Gasteiger partial charge in [-0.15, -0.1) is 0 Å². The largest absolute Gasteiger partial charge is 0.477 e. The average molecular weight is 295 g/mol. The Kier molecular flexibility index (Phi) is 3.49. The highest BCUT2D eigenvalue weighted by molar-refractivity contribution is 7.92. The van der Waals surface area contributed by atoms with Gasteiger partial charge in [0, 0.05) is 23.7 Å². The molecule has 0 amide bonds. The van der Waals surface area contributed by atoms with E-state index in [1.807, 2.05) is 0 Å². The van der Waals surface area contributed by atoms with Gasteiger partial charge in [0.25, 0.3) is 10.0 Å². The molecule has 0 aliphatic heterocycles. The summed E-state index contributed by atoms with van der Waals surface area (Å²) in [5.74, 6) is -1.20. The summed E-state index contributed by atoms with van der Waals surface area (Å²) in [5, 5.41) is 9.00. The van der Waals surface area contributed by atoms with Crippen LogP contribution in [0.5, 0.6) is 0 Å². The van der Waals surface area contributed by atoms with Crippen molar-refractivity contribution < 1.29 is 18.3 Å². The number of nitrogens with one attached hydrogen (secondary N) is 2. The zero-order valence-electron chi connectivity index (χ0n) is 10.8. The molecule has 20 heavy (non-hydrogen) atoms. The highest BCUT2D eigenvalue weighted by atomic mass is 32.2. The number of aromatic amines is 1. The molecule has 7 nitrogen and oxygen atoms in total. The van der Waals surface area contributed by atoms with Gasteiger partial charge in [0.2, 0.25) is 0 Å². The minimum Gasteiger partial charge on any atom is -0.477 e. The molecule has 0 aliphatic carbocycles. The number of aromatic carboxylic acids is 1. The number of hydrogen-bond acceptors (Lipinski definition) is 4. The zero-order valence-corrected chi connectivity index (χ0v) is 11.7.